The predicted molar refractivity (Wildman–Crippen MR) is 90.2 cm³/mol. The summed E-state index contributed by atoms with van der Waals surface area (Å²) in [6.45, 7) is 5.79. The molecule has 1 saturated heterocycles. The molecule has 3 aliphatic rings. The summed E-state index contributed by atoms with van der Waals surface area (Å²) in [6, 6.07) is 0. The van der Waals surface area contributed by atoms with Crippen molar-refractivity contribution in [3.05, 3.63) is 20.8 Å². The molecule has 7 nitrogen and oxygen atoms in total. The Bertz CT molecular complexity index is 854. The van der Waals surface area contributed by atoms with E-state index in [-0.39, 0.29) is 11.8 Å². The van der Waals surface area contributed by atoms with Gasteiger partial charge in [-0.05, 0) is 31.1 Å². The van der Waals surface area contributed by atoms with E-state index in [0.29, 0.717) is 11.4 Å². The minimum atomic E-state index is -0.0865. The van der Waals surface area contributed by atoms with E-state index < -0.39 is 0 Å². The van der Waals surface area contributed by atoms with Gasteiger partial charge in [-0.1, -0.05) is 6.92 Å². The second-order valence-electron chi connectivity index (χ2n) is 6.47. The van der Waals surface area contributed by atoms with E-state index in [9.17, 15) is 0 Å². The maximum absolute atomic E-state index is 6.13. The third-order valence-electron chi connectivity index (χ3n) is 5.11. The highest BCUT2D eigenvalue weighted by Crippen LogP contribution is 2.47. The molecule has 0 amide bonds. The zero-order chi connectivity index (χ0) is 15.8. The molecule has 23 heavy (non-hydrogen) atoms. The highest BCUT2D eigenvalue weighted by atomic mass is 32.1. The first kappa shape index (κ1) is 14.1. The van der Waals surface area contributed by atoms with E-state index in [2.05, 4.69) is 39.8 Å². The molecule has 1 fully saturated rings. The Morgan fingerprint density at radius 1 is 1.52 bits per heavy atom. The number of ether oxygens (including phenoxy) is 1. The zero-order valence-corrected chi connectivity index (χ0v) is 14.6. The molecule has 5 rings (SSSR count). The van der Waals surface area contributed by atoms with Crippen molar-refractivity contribution in [2.45, 2.75) is 45.1 Å². The molecule has 2 aromatic rings. The van der Waals surface area contributed by atoms with Gasteiger partial charge in [-0.3, -0.25) is 10.3 Å². The lowest BCUT2D eigenvalue weighted by Crippen LogP contribution is -2.40. The van der Waals surface area contributed by atoms with Crippen molar-refractivity contribution in [1.82, 2.24) is 25.5 Å². The second-order valence-corrected chi connectivity index (χ2v) is 7.94. The molecule has 122 valence electrons. The maximum Gasteiger partial charge on any atom is 0.247 e. The minimum absolute atomic E-state index is 0.0865. The Labute approximate surface area is 142 Å². The Kier molecular flexibility index (Phi) is 2.85. The minimum Gasteiger partial charge on any atom is -0.369 e. The molecule has 3 N–H and O–H groups in total. The van der Waals surface area contributed by atoms with Gasteiger partial charge in [0, 0.05) is 16.9 Å². The lowest BCUT2D eigenvalue weighted by molar-refractivity contribution is -0.0549. The number of anilines is 1. The summed E-state index contributed by atoms with van der Waals surface area (Å²) in [5, 5.41) is 14.1. The van der Waals surface area contributed by atoms with Gasteiger partial charge in [0.1, 0.15) is 11.2 Å². The van der Waals surface area contributed by atoms with Gasteiger partial charge in [-0.25, -0.2) is 15.1 Å². The average Bonchev–Trinajstić information content (AvgIpc) is 3.23. The fourth-order valence-corrected chi connectivity index (χ4v) is 5.17. The van der Waals surface area contributed by atoms with Crippen LogP contribution in [0.5, 0.6) is 0 Å². The van der Waals surface area contributed by atoms with E-state index >= 15 is 0 Å². The summed E-state index contributed by atoms with van der Waals surface area (Å²) in [5.74, 6) is 0.815. The third-order valence-corrected chi connectivity index (χ3v) is 6.59. The van der Waals surface area contributed by atoms with Crippen LogP contribution in [0, 0.1) is 4.77 Å². The highest BCUT2D eigenvalue weighted by molar-refractivity contribution is 7.71. The van der Waals surface area contributed by atoms with E-state index in [1.54, 1.807) is 11.3 Å². The first-order chi connectivity index (χ1) is 11.1. The number of hydrazine groups is 1. The standard InChI is InChI=1S/C14H18N6OS2/c1-3-14(2)4-7-8(5-21-14)23-11-9(7)10-15-6-16-20(10)12-17-18-13(22)19(11)12/h10,15-16H,3-6H2,1-2H3,(H,18,22)/t10?,14-/m0/s1. The first-order valence-electron chi connectivity index (χ1n) is 7.83. The average molecular weight is 350 g/mol. The molecule has 5 heterocycles. The molecule has 0 aliphatic carbocycles. The molecule has 0 spiro atoms. The second kappa shape index (κ2) is 4.64. The monoisotopic (exact) mass is 350 g/mol. The van der Waals surface area contributed by atoms with Crippen molar-refractivity contribution >= 4 is 29.5 Å². The van der Waals surface area contributed by atoms with Crippen LogP contribution < -0.4 is 15.8 Å². The number of fused-ring (bicyclic) bond motifs is 8. The lowest BCUT2D eigenvalue weighted by Gasteiger charge is -2.35. The summed E-state index contributed by atoms with van der Waals surface area (Å²) in [5.41, 5.74) is 6.00. The fraction of sp³-hybridized carbons (Fsp3) is 0.571. The maximum atomic E-state index is 6.13. The summed E-state index contributed by atoms with van der Waals surface area (Å²) >= 11 is 7.24. The van der Waals surface area contributed by atoms with Gasteiger partial charge in [0.2, 0.25) is 10.7 Å². The first-order valence-corrected chi connectivity index (χ1v) is 9.06. The van der Waals surface area contributed by atoms with Crippen LogP contribution in [-0.2, 0) is 17.8 Å². The number of rotatable bonds is 1. The van der Waals surface area contributed by atoms with Crippen molar-refractivity contribution in [3.8, 4) is 5.00 Å². The number of nitrogens with zero attached hydrogens (tertiary/aromatic N) is 3. The van der Waals surface area contributed by atoms with Crippen molar-refractivity contribution in [3.63, 3.8) is 0 Å². The van der Waals surface area contributed by atoms with Crippen LogP contribution in [0.25, 0.3) is 5.00 Å². The van der Waals surface area contributed by atoms with Gasteiger partial charge in [0.05, 0.1) is 18.9 Å². The van der Waals surface area contributed by atoms with Gasteiger partial charge in [0.25, 0.3) is 0 Å². The molecule has 2 atom stereocenters. The van der Waals surface area contributed by atoms with E-state index in [1.165, 1.54) is 21.0 Å². The lowest BCUT2D eigenvalue weighted by atomic mass is 9.88. The summed E-state index contributed by atoms with van der Waals surface area (Å²) < 4.78 is 8.80. The number of hydrogen-bond donors (Lipinski definition) is 3. The molecule has 9 heteroatoms. The number of thiophene rings is 1. The molecule has 0 saturated carbocycles. The molecule has 0 aromatic carbocycles. The molecular formula is C14H18N6OS2. The van der Waals surface area contributed by atoms with Crippen molar-refractivity contribution in [2.24, 2.45) is 0 Å². The number of H-pyrrole nitrogens is 1. The zero-order valence-electron chi connectivity index (χ0n) is 13.0. The summed E-state index contributed by atoms with van der Waals surface area (Å²) in [4.78, 5) is 1.31. The van der Waals surface area contributed by atoms with Gasteiger partial charge < -0.3 is 4.74 Å². The quantitative estimate of drug-likeness (QED) is 0.685. The Balaban J connectivity index is 1.76. The van der Waals surface area contributed by atoms with Crippen LogP contribution in [-0.4, -0.2) is 27.0 Å². The summed E-state index contributed by atoms with van der Waals surface area (Å²) in [6.07, 6.45) is 2.05. The number of aromatic amines is 1. The SMILES string of the molecule is CC[C@@]1(C)Cc2c(sc3c2C2NCNN2c2n[nH]c(=S)n2-3)CO1. The largest absolute Gasteiger partial charge is 0.369 e. The van der Waals surface area contributed by atoms with Crippen molar-refractivity contribution in [1.29, 1.82) is 0 Å². The normalized spacial score (nSPS) is 28.3. The molecule has 0 radical (unpaired) electrons. The van der Waals surface area contributed by atoms with Gasteiger partial charge in [0.15, 0.2) is 0 Å². The number of nitrogens with one attached hydrogen (secondary N) is 3. The highest BCUT2D eigenvalue weighted by Gasteiger charge is 2.43. The fourth-order valence-electron chi connectivity index (χ4n) is 3.62. The molecule has 2 aromatic heterocycles. The molecule has 0 bridgehead atoms. The van der Waals surface area contributed by atoms with E-state index in [1.807, 2.05) is 4.57 Å². The van der Waals surface area contributed by atoms with Crippen LogP contribution in [0.1, 0.15) is 42.4 Å². The molecule has 1 unspecified atom stereocenters. The number of hydrogen-bond acceptors (Lipinski definition) is 7. The topological polar surface area (TPSA) is 70.1 Å². The summed E-state index contributed by atoms with van der Waals surface area (Å²) in [7, 11) is 0. The van der Waals surface area contributed by atoms with Crippen molar-refractivity contribution < 1.29 is 4.74 Å². The van der Waals surface area contributed by atoms with Crippen LogP contribution in [0.4, 0.5) is 5.95 Å². The van der Waals surface area contributed by atoms with Gasteiger partial charge in [-0.15, -0.1) is 16.4 Å². The Morgan fingerprint density at radius 2 is 2.39 bits per heavy atom. The van der Waals surface area contributed by atoms with Crippen LogP contribution in [0.2, 0.25) is 0 Å². The Morgan fingerprint density at radius 3 is 3.22 bits per heavy atom. The van der Waals surface area contributed by atoms with E-state index in [4.69, 9.17) is 17.0 Å². The Hall–Kier alpha value is -1.26. The smallest absolute Gasteiger partial charge is 0.247 e. The van der Waals surface area contributed by atoms with E-state index in [0.717, 1.165) is 25.5 Å². The number of aromatic nitrogens is 3. The third kappa shape index (κ3) is 1.79. The molecular weight excluding hydrogens is 332 g/mol. The predicted octanol–water partition coefficient (Wildman–Crippen LogP) is 2.12. The van der Waals surface area contributed by atoms with Gasteiger partial charge in [-0.2, -0.15) is 0 Å². The van der Waals surface area contributed by atoms with Gasteiger partial charge >= 0.3 is 0 Å². The van der Waals surface area contributed by atoms with Crippen LogP contribution in [0.15, 0.2) is 0 Å². The van der Waals surface area contributed by atoms with Crippen LogP contribution >= 0.6 is 23.6 Å². The molecule has 3 aliphatic heterocycles. The van der Waals surface area contributed by atoms with Crippen LogP contribution in [0.3, 0.4) is 0 Å². The van der Waals surface area contributed by atoms with Crippen molar-refractivity contribution in [2.75, 3.05) is 11.7 Å².